The van der Waals surface area contributed by atoms with Crippen LogP contribution < -0.4 is 16.7 Å². The third-order valence-electron chi connectivity index (χ3n) is 3.67. The Bertz CT molecular complexity index is 1100. The number of hydrazone groups is 1. The van der Waals surface area contributed by atoms with Crippen LogP contribution in [0.4, 0.5) is 0 Å². The Morgan fingerprint density at radius 2 is 2.08 bits per heavy atom. The van der Waals surface area contributed by atoms with Crippen LogP contribution in [0.3, 0.4) is 0 Å². The Kier molecular flexibility index (Phi) is 4.36. The molecular formula is C15H16N6O3S. The zero-order valence-electron chi connectivity index (χ0n) is 13.9. The van der Waals surface area contributed by atoms with E-state index < -0.39 is 17.2 Å². The fourth-order valence-electron chi connectivity index (χ4n) is 2.40. The van der Waals surface area contributed by atoms with Crippen LogP contribution in [0.2, 0.25) is 0 Å². The molecule has 3 heterocycles. The summed E-state index contributed by atoms with van der Waals surface area (Å²) < 4.78 is 3.65. The lowest BCUT2D eigenvalue weighted by Gasteiger charge is -2.05. The molecule has 9 nitrogen and oxygen atoms in total. The van der Waals surface area contributed by atoms with E-state index in [1.165, 1.54) is 29.6 Å². The van der Waals surface area contributed by atoms with Gasteiger partial charge in [-0.3, -0.25) is 18.7 Å². The predicted molar refractivity (Wildman–Crippen MR) is 95.0 cm³/mol. The van der Waals surface area contributed by atoms with Crippen molar-refractivity contribution in [3.63, 3.8) is 0 Å². The second kappa shape index (κ2) is 6.48. The number of carbonyl (C=O) groups is 1. The van der Waals surface area contributed by atoms with Gasteiger partial charge in [0.2, 0.25) is 0 Å². The number of carbonyl (C=O) groups excluding carboxylic acids is 1. The summed E-state index contributed by atoms with van der Waals surface area (Å²) in [4.78, 5) is 42.4. The Balaban J connectivity index is 1.81. The minimum atomic E-state index is -0.499. The van der Waals surface area contributed by atoms with Crippen molar-refractivity contribution >= 4 is 34.6 Å². The van der Waals surface area contributed by atoms with Gasteiger partial charge < -0.3 is 4.57 Å². The van der Waals surface area contributed by atoms with E-state index in [0.29, 0.717) is 0 Å². The normalized spacial score (nSPS) is 11.5. The molecule has 3 rings (SSSR count). The Morgan fingerprint density at radius 3 is 2.76 bits per heavy atom. The molecule has 10 heteroatoms. The molecule has 0 saturated carbocycles. The lowest BCUT2D eigenvalue weighted by molar-refractivity contribution is -0.121. The summed E-state index contributed by atoms with van der Waals surface area (Å²) in [7, 11) is 2.91. The summed E-state index contributed by atoms with van der Waals surface area (Å²) in [5.74, 6) is -0.403. The van der Waals surface area contributed by atoms with Gasteiger partial charge in [-0.25, -0.2) is 15.2 Å². The lowest BCUT2D eigenvalue weighted by atomic mass is 10.4. The third-order valence-corrected chi connectivity index (χ3v) is 4.61. The van der Waals surface area contributed by atoms with Crippen molar-refractivity contribution < 1.29 is 4.79 Å². The summed E-state index contributed by atoms with van der Waals surface area (Å²) >= 11 is 1.56. The van der Waals surface area contributed by atoms with Gasteiger partial charge in [-0.05, 0) is 19.1 Å². The monoisotopic (exact) mass is 360 g/mol. The molecule has 0 aliphatic carbocycles. The molecular weight excluding hydrogens is 344 g/mol. The third kappa shape index (κ3) is 3.15. The van der Waals surface area contributed by atoms with Gasteiger partial charge in [-0.1, -0.05) is 0 Å². The maximum absolute atomic E-state index is 12.3. The van der Waals surface area contributed by atoms with E-state index in [9.17, 15) is 14.4 Å². The van der Waals surface area contributed by atoms with Gasteiger partial charge in [-0.15, -0.1) is 11.3 Å². The molecule has 0 atom stereocenters. The lowest BCUT2D eigenvalue weighted by Crippen LogP contribution is -2.38. The molecule has 3 aromatic rings. The summed E-state index contributed by atoms with van der Waals surface area (Å²) in [5, 5.41) is 3.90. The fourth-order valence-corrected chi connectivity index (χ4v) is 3.15. The standard InChI is InChI=1S/C15H16N6O3S/c1-9-4-5-10(25-9)6-17-18-11(22)7-21-8-16-13-12(21)14(23)20(3)15(24)19(13)2/h4-6,8H,7H2,1-3H3,(H,18,22). The van der Waals surface area contributed by atoms with E-state index >= 15 is 0 Å². The minimum absolute atomic E-state index is 0.134. The zero-order chi connectivity index (χ0) is 18.1. The van der Waals surface area contributed by atoms with Crippen molar-refractivity contribution in [3.8, 4) is 0 Å². The number of nitrogens with one attached hydrogen (secondary N) is 1. The van der Waals surface area contributed by atoms with E-state index in [4.69, 9.17) is 0 Å². The quantitative estimate of drug-likeness (QED) is 0.520. The molecule has 0 aromatic carbocycles. The van der Waals surface area contributed by atoms with Gasteiger partial charge in [0, 0.05) is 23.8 Å². The number of aryl methyl sites for hydroxylation is 2. The summed E-state index contributed by atoms with van der Waals surface area (Å²) in [6.45, 7) is 1.85. The highest BCUT2D eigenvalue weighted by Gasteiger charge is 2.15. The van der Waals surface area contributed by atoms with Gasteiger partial charge in [0.05, 0.1) is 12.5 Å². The van der Waals surface area contributed by atoms with Gasteiger partial charge in [-0.2, -0.15) is 5.10 Å². The van der Waals surface area contributed by atoms with Gasteiger partial charge in [0.15, 0.2) is 11.2 Å². The zero-order valence-corrected chi connectivity index (χ0v) is 14.7. The van der Waals surface area contributed by atoms with Crippen LogP contribution in [0.1, 0.15) is 9.75 Å². The summed E-state index contributed by atoms with van der Waals surface area (Å²) in [6.07, 6.45) is 2.92. The number of hydrogen-bond donors (Lipinski definition) is 1. The number of nitrogens with zero attached hydrogens (tertiary/aromatic N) is 5. The number of aromatic nitrogens is 4. The van der Waals surface area contributed by atoms with Crippen molar-refractivity contribution in [1.82, 2.24) is 24.1 Å². The number of amides is 1. The fraction of sp³-hybridized carbons (Fsp3) is 0.267. The first-order valence-corrected chi connectivity index (χ1v) is 8.19. The van der Waals surface area contributed by atoms with Gasteiger partial charge >= 0.3 is 5.69 Å². The second-order valence-corrected chi connectivity index (χ2v) is 6.81. The first-order chi connectivity index (χ1) is 11.9. The van der Waals surface area contributed by atoms with E-state index in [1.54, 1.807) is 17.6 Å². The molecule has 130 valence electrons. The Morgan fingerprint density at radius 1 is 1.32 bits per heavy atom. The molecule has 0 spiro atoms. The highest BCUT2D eigenvalue weighted by Crippen LogP contribution is 2.12. The molecule has 0 saturated heterocycles. The van der Waals surface area contributed by atoms with Crippen molar-refractivity contribution in [1.29, 1.82) is 0 Å². The van der Waals surface area contributed by atoms with Crippen LogP contribution in [-0.2, 0) is 25.4 Å². The number of imidazole rings is 1. The summed E-state index contributed by atoms with van der Waals surface area (Å²) in [6, 6.07) is 3.87. The molecule has 1 N–H and O–H groups in total. The van der Waals surface area contributed by atoms with Crippen molar-refractivity contribution in [2.24, 2.45) is 19.2 Å². The number of hydrogen-bond acceptors (Lipinski definition) is 6. The molecule has 0 unspecified atom stereocenters. The van der Waals surface area contributed by atoms with E-state index in [2.05, 4.69) is 15.5 Å². The molecule has 0 radical (unpaired) electrons. The molecule has 25 heavy (non-hydrogen) atoms. The van der Waals surface area contributed by atoms with Crippen molar-refractivity contribution in [3.05, 3.63) is 49.1 Å². The summed E-state index contributed by atoms with van der Waals surface area (Å²) in [5.41, 5.74) is 1.87. The largest absolute Gasteiger partial charge is 0.332 e. The van der Waals surface area contributed by atoms with Crippen molar-refractivity contribution in [2.45, 2.75) is 13.5 Å². The molecule has 0 bridgehead atoms. The van der Waals surface area contributed by atoms with E-state index in [1.807, 2.05) is 19.1 Å². The molecule has 1 amide bonds. The molecule has 0 aliphatic rings. The maximum Gasteiger partial charge on any atom is 0.332 e. The number of fused-ring (bicyclic) bond motifs is 1. The Labute approximate surface area is 145 Å². The van der Waals surface area contributed by atoms with E-state index in [-0.39, 0.29) is 17.7 Å². The van der Waals surface area contributed by atoms with Gasteiger partial charge in [0.25, 0.3) is 11.5 Å². The highest BCUT2D eigenvalue weighted by molar-refractivity contribution is 7.13. The van der Waals surface area contributed by atoms with Crippen molar-refractivity contribution in [2.75, 3.05) is 0 Å². The second-order valence-electron chi connectivity index (χ2n) is 5.49. The van der Waals surface area contributed by atoms with Crippen LogP contribution in [0, 0.1) is 6.92 Å². The van der Waals surface area contributed by atoms with Crippen LogP contribution in [0.25, 0.3) is 11.2 Å². The Hall–Kier alpha value is -3.01. The van der Waals surface area contributed by atoms with Crippen LogP contribution >= 0.6 is 11.3 Å². The topological polar surface area (TPSA) is 103 Å². The van der Waals surface area contributed by atoms with Crippen LogP contribution in [0.5, 0.6) is 0 Å². The average Bonchev–Trinajstić information content (AvgIpc) is 3.17. The minimum Gasteiger partial charge on any atom is -0.315 e. The SMILES string of the molecule is Cc1ccc(C=NNC(=O)Cn2cnc3c2c(=O)n(C)c(=O)n3C)s1. The van der Waals surface area contributed by atoms with Gasteiger partial charge in [0.1, 0.15) is 6.54 Å². The maximum atomic E-state index is 12.3. The predicted octanol–water partition coefficient (Wildman–Crippen LogP) is -0.0461. The molecule has 3 aromatic heterocycles. The number of thiophene rings is 1. The van der Waals surface area contributed by atoms with E-state index in [0.717, 1.165) is 14.3 Å². The van der Waals surface area contributed by atoms with Crippen LogP contribution in [-0.4, -0.2) is 30.8 Å². The molecule has 0 aliphatic heterocycles. The molecule has 0 fully saturated rings. The first kappa shape index (κ1) is 16.8. The number of rotatable bonds is 4. The van der Waals surface area contributed by atoms with Crippen LogP contribution in [0.15, 0.2) is 33.2 Å². The average molecular weight is 360 g/mol. The smallest absolute Gasteiger partial charge is 0.315 e. The highest BCUT2D eigenvalue weighted by atomic mass is 32.1. The first-order valence-electron chi connectivity index (χ1n) is 7.37.